The van der Waals surface area contributed by atoms with Gasteiger partial charge in [-0.15, -0.1) is 0 Å². The van der Waals surface area contributed by atoms with Crippen molar-refractivity contribution in [2.24, 2.45) is 0 Å². The van der Waals surface area contributed by atoms with Crippen molar-refractivity contribution in [1.82, 2.24) is 0 Å². The highest BCUT2D eigenvalue weighted by molar-refractivity contribution is 4.90. The normalized spacial score (nSPS) is 19.2. The summed E-state index contributed by atoms with van der Waals surface area (Å²) in [5.41, 5.74) is 0. The van der Waals surface area contributed by atoms with E-state index in [0.29, 0.717) is 13.0 Å². The van der Waals surface area contributed by atoms with E-state index in [4.69, 9.17) is 9.47 Å². The monoisotopic (exact) mass is 424 g/mol. The van der Waals surface area contributed by atoms with E-state index in [-0.39, 0.29) is 19.1 Å². The van der Waals surface area contributed by atoms with Crippen LogP contribution in [-0.4, -0.2) is 37.5 Å². The van der Waals surface area contributed by atoms with Gasteiger partial charge < -0.3 is 9.47 Å². The molecule has 0 aromatic heterocycles. The third-order valence-corrected chi connectivity index (χ3v) is 4.89. The molecule has 1 heterocycles. The molecule has 0 amide bonds. The van der Waals surface area contributed by atoms with Crippen LogP contribution in [0.2, 0.25) is 0 Å². The molecule has 0 aromatic carbocycles. The average molecular weight is 424 g/mol. The standard InChI is InChI=1S/C19H31F7O2/c20-17(21,18(22,23)19(24,25)26)13-9-6-4-2-1-3-5-7-10-14-27-16-12-8-11-15-28-16/h16H,1-15H2. The van der Waals surface area contributed by atoms with Gasteiger partial charge in [-0.2, -0.15) is 30.7 Å². The zero-order valence-corrected chi connectivity index (χ0v) is 16.1. The topological polar surface area (TPSA) is 18.5 Å². The lowest BCUT2D eigenvalue weighted by Gasteiger charge is -2.28. The minimum atomic E-state index is -6.23. The molecule has 168 valence electrons. The average Bonchev–Trinajstić information content (AvgIpc) is 2.62. The summed E-state index contributed by atoms with van der Waals surface area (Å²) in [5, 5.41) is 0. The highest BCUT2D eigenvalue weighted by atomic mass is 19.4. The van der Waals surface area contributed by atoms with E-state index in [0.717, 1.165) is 64.4 Å². The molecule has 0 aromatic rings. The lowest BCUT2D eigenvalue weighted by Crippen LogP contribution is -2.51. The van der Waals surface area contributed by atoms with Crippen LogP contribution >= 0.6 is 0 Å². The number of hydrogen-bond donors (Lipinski definition) is 0. The summed E-state index contributed by atoms with van der Waals surface area (Å²) in [5.74, 6) is -11.0. The molecule has 0 saturated carbocycles. The molecule has 1 fully saturated rings. The molecule has 0 spiro atoms. The molecule has 0 aliphatic carbocycles. The Morgan fingerprint density at radius 3 is 1.75 bits per heavy atom. The molecule has 1 rings (SSSR count). The Morgan fingerprint density at radius 1 is 0.714 bits per heavy atom. The number of ether oxygens (including phenoxy) is 2. The molecule has 0 radical (unpaired) electrons. The largest absolute Gasteiger partial charge is 0.459 e. The van der Waals surface area contributed by atoms with Crippen LogP contribution in [0.25, 0.3) is 0 Å². The SMILES string of the molecule is FC(F)(F)C(F)(F)C(F)(F)CCCCCCCCCCCOC1CCCCO1. The van der Waals surface area contributed by atoms with E-state index >= 15 is 0 Å². The third-order valence-electron chi connectivity index (χ3n) is 4.89. The van der Waals surface area contributed by atoms with E-state index in [1.54, 1.807) is 0 Å². The Hall–Kier alpha value is -0.570. The molecule has 1 atom stereocenters. The fourth-order valence-corrected chi connectivity index (χ4v) is 3.11. The van der Waals surface area contributed by atoms with E-state index < -0.39 is 24.4 Å². The van der Waals surface area contributed by atoms with Gasteiger partial charge in [0.05, 0.1) is 0 Å². The maximum Gasteiger partial charge on any atom is 0.459 e. The second kappa shape index (κ2) is 12.2. The van der Waals surface area contributed by atoms with Crippen LogP contribution in [0.1, 0.15) is 83.5 Å². The zero-order valence-electron chi connectivity index (χ0n) is 16.1. The number of rotatable bonds is 14. The quantitative estimate of drug-likeness (QED) is 0.216. The first-order chi connectivity index (χ1) is 13.1. The maximum atomic E-state index is 13.1. The first-order valence-corrected chi connectivity index (χ1v) is 10.1. The minimum absolute atomic E-state index is 0.0720. The van der Waals surface area contributed by atoms with Crippen molar-refractivity contribution in [2.75, 3.05) is 13.2 Å². The van der Waals surface area contributed by atoms with Gasteiger partial charge in [0.1, 0.15) is 0 Å². The molecule has 9 heteroatoms. The molecule has 1 saturated heterocycles. The second-order valence-electron chi connectivity index (χ2n) is 7.38. The zero-order chi connectivity index (χ0) is 21.1. The summed E-state index contributed by atoms with van der Waals surface area (Å²) in [7, 11) is 0. The van der Waals surface area contributed by atoms with E-state index in [1.807, 2.05) is 0 Å². The van der Waals surface area contributed by atoms with Gasteiger partial charge >= 0.3 is 18.0 Å². The van der Waals surface area contributed by atoms with Gasteiger partial charge in [0, 0.05) is 19.6 Å². The summed E-state index contributed by atoms with van der Waals surface area (Å²) in [6.07, 6.45) is 1.44. The van der Waals surface area contributed by atoms with Crippen LogP contribution in [0.3, 0.4) is 0 Å². The van der Waals surface area contributed by atoms with Crippen molar-refractivity contribution in [3.63, 3.8) is 0 Å². The summed E-state index contributed by atoms with van der Waals surface area (Å²) < 4.78 is 98.8. The van der Waals surface area contributed by atoms with Gasteiger partial charge in [-0.1, -0.05) is 44.9 Å². The van der Waals surface area contributed by atoms with Crippen LogP contribution in [0, 0.1) is 0 Å². The fourth-order valence-electron chi connectivity index (χ4n) is 3.11. The van der Waals surface area contributed by atoms with E-state index in [2.05, 4.69) is 0 Å². The van der Waals surface area contributed by atoms with Crippen molar-refractivity contribution >= 4 is 0 Å². The van der Waals surface area contributed by atoms with E-state index in [9.17, 15) is 30.7 Å². The number of unbranched alkanes of at least 4 members (excludes halogenated alkanes) is 8. The first-order valence-electron chi connectivity index (χ1n) is 10.1. The Bertz CT molecular complexity index is 408. The van der Waals surface area contributed by atoms with Crippen molar-refractivity contribution in [2.45, 2.75) is 108 Å². The third kappa shape index (κ3) is 8.84. The molecular weight excluding hydrogens is 393 g/mol. The van der Waals surface area contributed by atoms with Gasteiger partial charge in [0.2, 0.25) is 0 Å². The molecule has 0 bridgehead atoms. The highest BCUT2D eigenvalue weighted by Crippen LogP contribution is 2.48. The Kier molecular flexibility index (Phi) is 11.1. The molecule has 2 nitrogen and oxygen atoms in total. The molecule has 1 aliphatic heterocycles. The molecule has 0 N–H and O–H groups in total. The van der Waals surface area contributed by atoms with Gasteiger partial charge in [-0.3, -0.25) is 0 Å². The van der Waals surface area contributed by atoms with Crippen molar-refractivity contribution in [3.05, 3.63) is 0 Å². The van der Waals surface area contributed by atoms with Crippen LogP contribution in [0.4, 0.5) is 30.7 Å². The van der Waals surface area contributed by atoms with Gasteiger partial charge in [0.15, 0.2) is 6.29 Å². The molecule has 1 unspecified atom stereocenters. The minimum Gasteiger partial charge on any atom is -0.353 e. The summed E-state index contributed by atoms with van der Waals surface area (Å²) in [6, 6.07) is 0. The summed E-state index contributed by atoms with van der Waals surface area (Å²) >= 11 is 0. The number of hydrogen-bond acceptors (Lipinski definition) is 2. The van der Waals surface area contributed by atoms with Crippen LogP contribution in [0.5, 0.6) is 0 Å². The van der Waals surface area contributed by atoms with Gasteiger partial charge in [-0.25, -0.2) is 0 Å². The number of alkyl halides is 7. The lowest BCUT2D eigenvalue weighted by atomic mass is 10.0. The Balaban J connectivity index is 1.93. The van der Waals surface area contributed by atoms with Gasteiger partial charge in [-0.05, 0) is 32.1 Å². The number of halogens is 7. The second-order valence-corrected chi connectivity index (χ2v) is 7.38. The van der Waals surface area contributed by atoms with Crippen LogP contribution in [-0.2, 0) is 9.47 Å². The van der Waals surface area contributed by atoms with E-state index in [1.165, 1.54) is 0 Å². The van der Waals surface area contributed by atoms with Crippen molar-refractivity contribution < 1.29 is 40.2 Å². The maximum absolute atomic E-state index is 13.1. The predicted molar refractivity (Wildman–Crippen MR) is 91.7 cm³/mol. The van der Waals surface area contributed by atoms with Crippen molar-refractivity contribution in [1.29, 1.82) is 0 Å². The smallest absolute Gasteiger partial charge is 0.353 e. The van der Waals surface area contributed by atoms with Gasteiger partial charge in [0.25, 0.3) is 0 Å². The fraction of sp³-hybridized carbons (Fsp3) is 1.00. The molecule has 1 aliphatic rings. The summed E-state index contributed by atoms with van der Waals surface area (Å²) in [6.45, 7) is 1.43. The van der Waals surface area contributed by atoms with Crippen molar-refractivity contribution in [3.8, 4) is 0 Å². The summed E-state index contributed by atoms with van der Waals surface area (Å²) in [4.78, 5) is 0. The molecular formula is C19H31F7O2. The van der Waals surface area contributed by atoms with Crippen LogP contribution in [0.15, 0.2) is 0 Å². The lowest BCUT2D eigenvalue weighted by molar-refractivity contribution is -0.355. The molecule has 28 heavy (non-hydrogen) atoms. The van der Waals surface area contributed by atoms with Crippen LogP contribution < -0.4 is 0 Å². The Labute approximate surface area is 162 Å². The first kappa shape index (κ1) is 25.5. The predicted octanol–water partition coefficient (Wildman–Crippen LogP) is 7.26. The highest BCUT2D eigenvalue weighted by Gasteiger charge is 2.72. The Morgan fingerprint density at radius 2 is 1.25 bits per heavy atom.